The third-order valence-corrected chi connectivity index (χ3v) is 5.35. The number of aryl methyl sites for hydroxylation is 1. The van der Waals surface area contributed by atoms with Gasteiger partial charge in [0.2, 0.25) is 0 Å². The van der Waals surface area contributed by atoms with Crippen molar-refractivity contribution in [2.45, 2.75) is 32.1 Å². The number of hydrogen-bond acceptors (Lipinski definition) is 5. The molecule has 0 unspecified atom stereocenters. The summed E-state index contributed by atoms with van der Waals surface area (Å²) in [5, 5.41) is 9.07. The quantitative estimate of drug-likeness (QED) is 0.750. The highest BCUT2D eigenvalue weighted by molar-refractivity contribution is 7.12. The Hall–Kier alpha value is -2.51. The van der Waals surface area contributed by atoms with Crippen molar-refractivity contribution in [3.8, 4) is 0 Å². The first-order chi connectivity index (χ1) is 12.7. The maximum absolute atomic E-state index is 12.9. The molecular formula is C19H20N4O2S. The van der Waals surface area contributed by atoms with E-state index >= 15 is 0 Å². The van der Waals surface area contributed by atoms with Gasteiger partial charge < -0.3 is 9.64 Å². The summed E-state index contributed by atoms with van der Waals surface area (Å²) in [5.74, 6) is 1.41. The number of nitrogens with zero attached hydrogens (tertiary/aromatic N) is 3. The van der Waals surface area contributed by atoms with Crippen LogP contribution in [0.3, 0.4) is 0 Å². The van der Waals surface area contributed by atoms with E-state index in [1.807, 2.05) is 59.7 Å². The third kappa shape index (κ3) is 3.54. The van der Waals surface area contributed by atoms with Gasteiger partial charge in [0.1, 0.15) is 5.82 Å². The van der Waals surface area contributed by atoms with Crippen molar-refractivity contribution < 1.29 is 9.53 Å². The Kier molecular flexibility index (Phi) is 4.81. The monoisotopic (exact) mass is 368 g/mol. The van der Waals surface area contributed by atoms with Crippen molar-refractivity contribution in [1.82, 2.24) is 20.1 Å². The van der Waals surface area contributed by atoms with Gasteiger partial charge in [-0.05, 0) is 23.9 Å². The van der Waals surface area contributed by atoms with Crippen LogP contribution in [0.2, 0.25) is 0 Å². The number of likely N-dealkylation sites (tertiary alicyclic amines) is 1. The second-order valence-electron chi connectivity index (χ2n) is 6.38. The van der Waals surface area contributed by atoms with Crippen LogP contribution in [0.1, 0.15) is 39.3 Å². The Morgan fingerprint density at radius 3 is 2.85 bits per heavy atom. The van der Waals surface area contributed by atoms with E-state index in [4.69, 9.17) is 4.74 Å². The van der Waals surface area contributed by atoms with Gasteiger partial charge in [0.05, 0.1) is 23.6 Å². The Morgan fingerprint density at radius 1 is 1.31 bits per heavy atom. The van der Waals surface area contributed by atoms with Crippen molar-refractivity contribution in [3.05, 3.63) is 69.9 Å². The number of H-pyrrole nitrogens is 1. The van der Waals surface area contributed by atoms with Crippen molar-refractivity contribution in [2.24, 2.45) is 0 Å². The molecule has 1 fully saturated rings. The molecule has 7 heteroatoms. The zero-order chi connectivity index (χ0) is 17.9. The minimum absolute atomic E-state index is 0.0123. The number of thiophene rings is 1. The molecule has 1 aliphatic heterocycles. The standard InChI is InChI=1S/C19H20N4O2S/c1-13-20-18(22-21-13)16-10-15(25-12-14-6-3-2-4-7-14)11-23(16)19(24)17-8-5-9-26-17/h2-9,15-16H,10-12H2,1H3,(H,20,21,22)/t15-,16-/m0/s1. The smallest absolute Gasteiger partial charge is 0.264 e. The van der Waals surface area contributed by atoms with Gasteiger partial charge in [-0.15, -0.1) is 11.3 Å². The molecule has 4 rings (SSSR count). The number of aromatic nitrogens is 3. The van der Waals surface area contributed by atoms with Gasteiger partial charge in [-0.25, -0.2) is 4.98 Å². The lowest BCUT2D eigenvalue weighted by atomic mass is 10.2. The number of benzene rings is 1. The fraction of sp³-hybridized carbons (Fsp3) is 0.316. The fourth-order valence-electron chi connectivity index (χ4n) is 3.23. The molecule has 1 aliphatic rings. The molecule has 26 heavy (non-hydrogen) atoms. The van der Waals surface area contributed by atoms with Gasteiger partial charge in [-0.2, -0.15) is 5.10 Å². The zero-order valence-electron chi connectivity index (χ0n) is 14.5. The summed E-state index contributed by atoms with van der Waals surface area (Å²) in [7, 11) is 0. The SMILES string of the molecule is Cc1nc([C@@H]2C[C@H](OCc3ccccc3)CN2C(=O)c2cccs2)n[nH]1. The van der Waals surface area contributed by atoms with Crippen LogP contribution in [-0.2, 0) is 11.3 Å². The molecule has 134 valence electrons. The molecule has 0 aliphatic carbocycles. The molecule has 2 atom stereocenters. The Labute approximate surface area is 155 Å². The van der Waals surface area contributed by atoms with Crippen LogP contribution < -0.4 is 0 Å². The summed E-state index contributed by atoms with van der Waals surface area (Å²) >= 11 is 1.45. The van der Waals surface area contributed by atoms with E-state index in [0.29, 0.717) is 25.4 Å². The highest BCUT2D eigenvalue weighted by Gasteiger charge is 2.39. The first kappa shape index (κ1) is 16.9. The molecule has 1 saturated heterocycles. The Balaban J connectivity index is 1.51. The van der Waals surface area contributed by atoms with Crippen molar-refractivity contribution in [2.75, 3.05) is 6.54 Å². The minimum atomic E-state index is -0.171. The van der Waals surface area contributed by atoms with E-state index in [0.717, 1.165) is 16.3 Å². The lowest BCUT2D eigenvalue weighted by molar-refractivity contribution is 0.0438. The topological polar surface area (TPSA) is 71.1 Å². The first-order valence-corrected chi connectivity index (χ1v) is 9.47. The maximum atomic E-state index is 12.9. The Bertz CT molecular complexity index is 863. The van der Waals surface area contributed by atoms with E-state index in [1.165, 1.54) is 11.3 Å². The van der Waals surface area contributed by atoms with Gasteiger partial charge in [-0.1, -0.05) is 36.4 Å². The summed E-state index contributed by atoms with van der Waals surface area (Å²) in [6, 6.07) is 13.6. The second kappa shape index (κ2) is 7.39. The molecule has 0 radical (unpaired) electrons. The predicted octanol–water partition coefficient (Wildman–Crippen LogP) is 3.35. The molecule has 1 N–H and O–H groups in total. The molecule has 1 amide bonds. The number of rotatable bonds is 5. The van der Waals surface area contributed by atoms with Crippen LogP contribution in [0.5, 0.6) is 0 Å². The van der Waals surface area contributed by atoms with E-state index in [9.17, 15) is 4.79 Å². The fourth-order valence-corrected chi connectivity index (χ4v) is 3.91. The molecule has 0 bridgehead atoms. The number of aromatic amines is 1. The predicted molar refractivity (Wildman–Crippen MR) is 98.9 cm³/mol. The number of nitrogens with one attached hydrogen (secondary N) is 1. The van der Waals surface area contributed by atoms with Gasteiger partial charge >= 0.3 is 0 Å². The van der Waals surface area contributed by atoms with E-state index in [2.05, 4.69) is 15.2 Å². The molecule has 0 saturated carbocycles. The summed E-state index contributed by atoms with van der Waals surface area (Å²) < 4.78 is 6.09. The van der Waals surface area contributed by atoms with Crippen molar-refractivity contribution in [3.63, 3.8) is 0 Å². The number of amides is 1. The van der Waals surface area contributed by atoms with Crippen LogP contribution >= 0.6 is 11.3 Å². The van der Waals surface area contributed by atoms with E-state index in [1.54, 1.807) is 0 Å². The van der Waals surface area contributed by atoms with Gasteiger partial charge in [0.15, 0.2) is 5.82 Å². The van der Waals surface area contributed by atoms with Crippen LogP contribution in [0, 0.1) is 6.92 Å². The van der Waals surface area contributed by atoms with Crippen LogP contribution in [-0.4, -0.2) is 38.6 Å². The highest BCUT2D eigenvalue weighted by atomic mass is 32.1. The largest absolute Gasteiger partial charge is 0.372 e. The van der Waals surface area contributed by atoms with Gasteiger partial charge in [0.25, 0.3) is 5.91 Å². The first-order valence-electron chi connectivity index (χ1n) is 8.59. The van der Waals surface area contributed by atoms with E-state index in [-0.39, 0.29) is 18.1 Å². The highest BCUT2D eigenvalue weighted by Crippen LogP contribution is 2.34. The number of ether oxygens (including phenoxy) is 1. The molecule has 3 aromatic rings. The lowest BCUT2D eigenvalue weighted by Crippen LogP contribution is -2.32. The zero-order valence-corrected chi connectivity index (χ0v) is 15.3. The summed E-state index contributed by atoms with van der Waals surface area (Å²) in [6.45, 7) is 2.94. The third-order valence-electron chi connectivity index (χ3n) is 4.50. The molecular weight excluding hydrogens is 348 g/mol. The second-order valence-corrected chi connectivity index (χ2v) is 7.33. The minimum Gasteiger partial charge on any atom is -0.372 e. The van der Waals surface area contributed by atoms with Gasteiger partial charge in [0, 0.05) is 13.0 Å². The van der Waals surface area contributed by atoms with Crippen molar-refractivity contribution in [1.29, 1.82) is 0 Å². The number of hydrogen-bond donors (Lipinski definition) is 1. The summed E-state index contributed by atoms with van der Waals surface area (Å²) in [5.41, 5.74) is 1.13. The Morgan fingerprint density at radius 2 is 2.15 bits per heavy atom. The van der Waals surface area contributed by atoms with Crippen LogP contribution in [0.15, 0.2) is 47.8 Å². The molecule has 0 spiro atoms. The summed E-state index contributed by atoms with van der Waals surface area (Å²) in [4.78, 5) is 19.9. The average molecular weight is 368 g/mol. The molecule has 1 aromatic carbocycles. The number of carbonyl (C=O) groups is 1. The van der Waals surface area contributed by atoms with Gasteiger partial charge in [-0.3, -0.25) is 9.89 Å². The van der Waals surface area contributed by atoms with Crippen LogP contribution in [0.4, 0.5) is 0 Å². The van der Waals surface area contributed by atoms with Crippen molar-refractivity contribution >= 4 is 17.2 Å². The number of carbonyl (C=O) groups excluding carboxylic acids is 1. The average Bonchev–Trinajstić information content (AvgIpc) is 3.40. The normalized spacial score (nSPS) is 19.8. The van der Waals surface area contributed by atoms with E-state index < -0.39 is 0 Å². The molecule has 3 heterocycles. The maximum Gasteiger partial charge on any atom is 0.264 e. The summed E-state index contributed by atoms with van der Waals surface area (Å²) in [6.07, 6.45) is 0.657. The van der Waals surface area contributed by atoms with Crippen LogP contribution in [0.25, 0.3) is 0 Å². The molecule has 6 nitrogen and oxygen atoms in total. The molecule has 2 aromatic heterocycles. The lowest BCUT2D eigenvalue weighted by Gasteiger charge is -2.21.